The molecule has 36 heavy (non-hydrogen) atoms. The Hall–Kier alpha value is -3.93. The smallest absolute Gasteiger partial charge is 0.355 e. The zero-order chi connectivity index (χ0) is 25.8. The Balaban J connectivity index is 1.41. The Morgan fingerprint density at radius 3 is 2.56 bits per heavy atom. The quantitative estimate of drug-likeness (QED) is 0.271. The van der Waals surface area contributed by atoms with Crippen LogP contribution in [0.4, 0.5) is 15.6 Å². The number of urea groups is 1. The molecule has 2 amide bonds. The first kappa shape index (κ1) is 25.2. The average Bonchev–Trinajstić information content (AvgIpc) is 3.51. The van der Waals surface area contributed by atoms with Crippen LogP contribution in [0, 0.1) is 0 Å². The Morgan fingerprint density at radius 1 is 1.08 bits per heavy atom. The second kappa shape index (κ2) is 10.8. The first-order valence-electron chi connectivity index (χ1n) is 10.4. The number of hydrogen-bond donors (Lipinski definition) is 3. The van der Waals surface area contributed by atoms with Gasteiger partial charge in [-0.15, -0.1) is 10.2 Å². The van der Waals surface area contributed by atoms with Gasteiger partial charge in [-0.25, -0.2) is 9.59 Å². The third-order valence-electron chi connectivity index (χ3n) is 4.75. The summed E-state index contributed by atoms with van der Waals surface area (Å²) in [5, 5.41) is 24.0. The molecule has 0 bridgehead atoms. The average molecular weight is 546 g/mol. The Labute approximate surface area is 218 Å². The molecule has 4 aromatic rings. The predicted molar refractivity (Wildman–Crippen MR) is 136 cm³/mol. The Morgan fingerprint density at radius 2 is 1.83 bits per heavy atom. The largest absolute Gasteiger partial charge is 0.506 e. The molecule has 0 aliphatic rings. The van der Waals surface area contributed by atoms with Crippen molar-refractivity contribution in [3.63, 3.8) is 0 Å². The van der Waals surface area contributed by atoms with Crippen molar-refractivity contribution >= 4 is 63.3 Å². The van der Waals surface area contributed by atoms with E-state index in [1.165, 1.54) is 53.2 Å². The zero-order valence-electron chi connectivity index (χ0n) is 18.5. The molecule has 0 saturated heterocycles. The van der Waals surface area contributed by atoms with E-state index >= 15 is 0 Å². The summed E-state index contributed by atoms with van der Waals surface area (Å²) in [4.78, 5) is 37.2. The van der Waals surface area contributed by atoms with Gasteiger partial charge in [-0.2, -0.15) is 0 Å². The van der Waals surface area contributed by atoms with Crippen molar-refractivity contribution in [1.82, 2.24) is 14.8 Å². The minimum atomic E-state index is -0.598. The lowest BCUT2D eigenvalue weighted by Crippen LogP contribution is -2.20. The van der Waals surface area contributed by atoms with Gasteiger partial charge >= 0.3 is 12.0 Å². The second-order valence-electron chi connectivity index (χ2n) is 7.14. The number of anilines is 2. The third kappa shape index (κ3) is 5.48. The summed E-state index contributed by atoms with van der Waals surface area (Å²) in [6.07, 6.45) is 1.47. The van der Waals surface area contributed by atoms with Gasteiger partial charge in [-0.3, -0.25) is 14.7 Å². The van der Waals surface area contributed by atoms with Gasteiger partial charge in [0.1, 0.15) is 11.4 Å². The van der Waals surface area contributed by atoms with E-state index in [2.05, 4.69) is 20.8 Å². The molecule has 13 heteroatoms. The molecule has 0 saturated carbocycles. The maximum atomic E-state index is 12.8. The standard InChI is InChI=1S/C23H17Cl2N5O5S/c1-2-35-21(33)17-4-3-9-30(17)20(32)12-5-7-14(8-6-12)26-22(34)27-23-29-28-19(36-23)15-10-13(24)11-16(25)18(15)31/h3-11,31H,2H2,1H3,(H2,26,27,29,34). The monoisotopic (exact) mass is 545 g/mol. The topological polar surface area (TPSA) is 135 Å². The summed E-state index contributed by atoms with van der Waals surface area (Å²) in [5.41, 5.74) is 1.11. The molecule has 10 nitrogen and oxygen atoms in total. The number of esters is 1. The number of phenolic OH excluding ortho intramolecular Hbond substituents is 1. The highest BCUT2D eigenvalue weighted by atomic mass is 35.5. The number of ether oxygens (including phenoxy) is 1. The Kier molecular flexibility index (Phi) is 7.53. The highest BCUT2D eigenvalue weighted by Gasteiger charge is 2.19. The molecular weight excluding hydrogens is 529 g/mol. The van der Waals surface area contributed by atoms with E-state index in [9.17, 15) is 19.5 Å². The number of carbonyl (C=O) groups is 3. The van der Waals surface area contributed by atoms with Crippen molar-refractivity contribution in [3.05, 3.63) is 76.0 Å². The van der Waals surface area contributed by atoms with Crippen LogP contribution in [0.25, 0.3) is 10.6 Å². The van der Waals surface area contributed by atoms with Crippen molar-refractivity contribution in [1.29, 1.82) is 0 Å². The van der Waals surface area contributed by atoms with Crippen LogP contribution in [0.2, 0.25) is 10.0 Å². The van der Waals surface area contributed by atoms with E-state index in [0.717, 1.165) is 11.3 Å². The van der Waals surface area contributed by atoms with E-state index in [1.807, 2.05) is 0 Å². The van der Waals surface area contributed by atoms with E-state index in [1.54, 1.807) is 13.0 Å². The van der Waals surface area contributed by atoms with Crippen LogP contribution >= 0.6 is 34.5 Å². The number of nitrogens with one attached hydrogen (secondary N) is 2. The molecule has 0 unspecified atom stereocenters. The van der Waals surface area contributed by atoms with Crippen LogP contribution in [-0.2, 0) is 4.74 Å². The minimum absolute atomic E-state index is 0.0655. The molecule has 0 radical (unpaired) electrons. The number of aromatic nitrogens is 3. The van der Waals surface area contributed by atoms with Crippen molar-refractivity contribution in [2.24, 2.45) is 0 Å². The second-order valence-corrected chi connectivity index (χ2v) is 8.96. The lowest BCUT2D eigenvalue weighted by molar-refractivity contribution is 0.0510. The summed E-state index contributed by atoms with van der Waals surface area (Å²) in [6, 6.07) is 11.5. The number of phenols is 1. The zero-order valence-corrected chi connectivity index (χ0v) is 20.8. The van der Waals surface area contributed by atoms with Crippen LogP contribution in [0.3, 0.4) is 0 Å². The van der Waals surface area contributed by atoms with E-state index < -0.39 is 17.9 Å². The molecule has 184 valence electrons. The van der Waals surface area contributed by atoms with Crippen molar-refractivity contribution in [2.75, 3.05) is 17.2 Å². The van der Waals surface area contributed by atoms with Crippen molar-refractivity contribution in [2.45, 2.75) is 6.92 Å². The van der Waals surface area contributed by atoms with Crippen LogP contribution < -0.4 is 10.6 Å². The lowest BCUT2D eigenvalue weighted by atomic mass is 10.2. The molecule has 2 heterocycles. The van der Waals surface area contributed by atoms with Gasteiger partial charge in [0.2, 0.25) is 5.13 Å². The number of benzene rings is 2. The fourth-order valence-corrected chi connectivity index (χ4v) is 4.38. The van der Waals surface area contributed by atoms with E-state index in [-0.39, 0.29) is 33.8 Å². The molecule has 2 aromatic heterocycles. The maximum absolute atomic E-state index is 12.8. The molecule has 0 aliphatic carbocycles. The molecular formula is C23H17Cl2N5O5S. The summed E-state index contributed by atoms with van der Waals surface area (Å²) in [5.74, 6) is -1.22. The SMILES string of the molecule is CCOC(=O)c1cccn1C(=O)c1ccc(NC(=O)Nc2nnc(-c3cc(Cl)cc(Cl)c3O)s2)cc1. The first-order chi connectivity index (χ1) is 17.3. The Bertz CT molecular complexity index is 1450. The third-order valence-corrected chi connectivity index (χ3v) is 6.12. The molecule has 0 fully saturated rings. The van der Waals surface area contributed by atoms with Gasteiger partial charge in [0, 0.05) is 22.5 Å². The lowest BCUT2D eigenvalue weighted by Gasteiger charge is -2.09. The number of hydrogen-bond acceptors (Lipinski definition) is 8. The van der Waals surface area contributed by atoms with Crippen LogP contribution in [0.15, 0.2) is 54.7 Å². The van der Waals surface area contributed by atoms with Crippen molar-refractivity contribution < 1.29 is 24.2 Å². The van der Waals surface area contributed by atoms with Crippen LogP contribution in [0.1, 0.15) is 27.8 Å². The minimum Gasteiger partial charge on any atom is -0.506 e. The maximum Gasteiger partial charge on any atom is 0.355 e. The summed E-state index contributed by atoms with van der Waals surface area (Å²) in [7, 11) is 0. The van der Waals surface area contributed by atoms with Crippen molar-refractivity contribution in [3.8, 4) is 16.3 Å². The molecule has 3 N–H and O–H groups in total. The number of rotatable bonds is 6. The number of aromatic hydroxyl groups is 1. The highest BCUT2D eigenvalue weighted by Crippen LogP contribution is 2.39. The van der Waals surface area contributed by atoms with Gasteiger partial charge < -0.3 is 15.2 Å². The normalized spacial score (nSPS) is 10.6. The summed E-state index contributed by atoms with van der Waals surface area (Å²) < 4.78 is 6.17. The van der Waals surface area contributed by atoms with E-state index in [4.69, 9.17) is 27.9 Å². The molecule has 0 atom stereocenters. The molecule has 2 aromatic carbocycles. The van der Waals surface area contributed by atoms with Gasteiger partial charge in [0.15, 0.2) is 5.01 Å². The molecule has 0 aliphatic heterocycles. The highest BCUT2D eigenvalue weighted by molar-refractivity contribution is 7.18. The van der Waals surface area contributed by atoms with Crippen LogP contribution in [0.5, 0.6) is 5.75 Å². The fraction of sp³-hybridized carbons (Fsp3) is 0.0870. The predicted octanol–water partition coefficient (Wildman–Crippen LogP) is 5.53. The van der Waals surface area contributed by atoms with E-state index in [0.29, 0.717) is 21.3 Å². The summed E-state index contributed by atoms with van der Waals surface area (Å²) in [6.45, 7) is 1.87. The fourth-order valence-electron chi connectivity index (χ4n) is 3.14. The van der Waals surface area contributed by atoms with Gasteiger partial charge in [-0.1, -0.05) is 34.5 Å². The van der Waals surface area contributed by atoms with Crippen LogP contribution in [-0.4, -0.2) is 44.4 Å². The van der Waals surface area contributed by atoms with Gasteiger partial charge in [0.05, 0.1) is 17.2 Å². The van der Waals surface area contributed by atoms with Gasteiger partial charge in [0.25, 0.3) is 5.91 Å². The molecule has 4 rings (SSSR count). The molecule has 0 spiro atoms. The van der Waals surface area contributed by atoms with Gasteiger partial charge in [-0.05, 0) is 55.5 Å². The summed E-state index contributed by atoms with van der Waals surface area (Å²) >= 11 is 12.9. The number of carbonyl (C=O) groups excluding carboxylic acids is 3. The number of amides is 2. The number of halogens is 2. The number of nitrogens with zero attached hydrogens (tertiary/aromatic N) is 3. The first-order valence-corrected chi connectivity index (χ1v) is 11.9.